The fourth-order valence-electron chi connectivity index (χ4n) is 3.00. The number of hydrogen-bond acceptors (Lipinski definition) is 2. The Bertz CT molecular complexity index is 1150. The van der Waals surface area contributed by atoms with E-state index in [1.165, 1.54) is 0 Å². The van der Waals surface area contributed by atoms with Crippen LogP contribution < -0.4 is 0 Å². The van der Waals surface area contributed by atoms with Crippen LogP contribution in [0.2, 0.25) is 5.02 Å². The predicted molar refractivity (Wildman–Crippen MR) is 86.0 cm³/mol. The first-order valence-electron chi connectivity index (χ1n) is 6.73. The van der Waals surface area contributed by atoms with Gasteiger partial charge >= 0.3 is 0 Å². The predicted octanol–water partition coefficient (Wildman–Crippen LogP) is 6.14. The molecule has 0 atom stereocenters. The van der Waals surface area contributed by atoms with Crippen molar-refractivity contribution in [1.29, 1.82) is 0 Å². The molecular formula is C18H9ClO2. The van der Waals surface area contributed by atoms with Crippen LogP contribution in [0.25, 0.3) is 43.9 Å². The molecule has 3 aromatic carbocycles. The highest BCUT2D eigenvalue weighted by Gasteiger charge is 2.14. The van der Waals surface area contributed by atoms with Crippen LogP contribution in [-0.2, 0) is 0 Å². The van der Waals surface area contributed by atoms with Crippen LogP contribution in [-0.4, -0.2) is 0 Å². The van der Waals surface area contributed by atoms with Gasteiger partial charge in [-0.25, -0.2) is 0 Å². The van der Waals surface area contributed by atoms with E-state index >= 15 is 0 Å². The first-order chi connectivity index (χ1) is 10.3. The summed E-state index contributed by atoms with van der Waals surface area (Å²) in [7, 11) is 0. The fourth-order valence-corrected chi connectivity index (χ4v) is 3.27. The van der Waals surface area contributed by atoms with Crippen molar-refractivity contribution in [3.05, 3.63) is 59.6 Å². The SMILES string of the molecule is Clc1cccc2oc3cc4c(cc3c12)oc1ccccc14. The van der Waals surface area contributed by atoms with E-state index in [2.05, 4.69) is 6.07 Å². The third-order valence-corrected chi connectivity index (χ3v) is 4.26. The topological polar surface area (TPSA) is 26.3 Å². The maximum Gasteiger partial charge on any atom is 0.136 e. The van der Waals surface area contributed by atoms with Gasteiger partial charge in [-0.1, -0.05) is 35.9 Å². The molecule has 0 aliphatic rings. The normalized spacial score (nSPS) is 12.0. The van der Waals surface area contributed by atoms with Gasteiger partial charge in [0, 0.05) is 21.5 Å². The smallest absolute Gasteiger partial charge is 0.136 e. The van der Waals surface area contributed by atoms with Gasteiger partial charge in [0.1, 0.15) is 22.3 Å². The van der Waals surface area contributed by atoms with Crippen LogP contribution in [0.3, 0.4) is 0 Å². The van der Waals surface area contributed by atoms with Gasteiger partial charge < -0.3 is 8.83 Å². The summed E-state index contributed by atoms with van der Waals surface area (Å²) in [6.45, 7) is 0. The van der Waals surface area contributed by atoms with Crippen LogP contribution in [0.15, 0.2) is 63.4 Å². The highest BCUT2D eigenvalue weighted by atomic mass is 35.5. The number of fused-ring (bicyclic) bond motifs is 6. The molecule has 100 valence electrons. The molecule has 0 aliphatic carbocycles. The summed E-state index contributed by atoms with van der Waals surface area (Å²) in [5.41, 5.74) is 3.37. The Morgan fingerprint density at radius 1 is 0.619 bits per heavy atom. The molecule has 0 spiro atoms. The monoisotopic (exact) mass is 292 g/mol. The number of furan rings is 2. The van der Waals surface area contributed by atoms with Gasteiger partial charge in [0.25, 0.3) is 0 Å². The maximum atomic E-state index is 6.32. The number of hydrogen-bond donors (Lipinski definition) is 0. The average molecular weight is 293 g/mol. The Labute approximate surface area is 124 Å². The summed E-state index contributed by atoms with van der Waals surface area (Å²) in [4.78, 5) is 0. The Kier molecular flexibility index (Phi) is 2.04. The van der Waals surface area contributed by atoms with Gasteiger partial charge in [-0.15, -0.1) is 0 Å². The van der Waals surface area contributed by atoms with E-state index in [0.717, 1.165) is 43.9 Å². The first kappa shape index (κ1) is 11.2. The lowest BCUT2D eigenvalue weighted by Gasteiger charge is -1.93. The minimum absolute atomic E-state index is 0.696. The van der Waals surface area contributed by atoms with Crippen molar-refractivity contribution in [2.45, 2.75) is 0 Å². The second-order valence-electron chi connectivity index (χ2n) is 5.16. The molecule has 0 fully saturated rings. The van der Waals surface area contributed by atoms with E-state index in [4.69, 9.17) is 20.4 Å². The van der Waals surface area contributed by atoms with Gasteiger partial charge in [-0.2, -0.15) is 0 Å². The molecule has 0 saturated heterocycles. The Morgan fingerprint density at radius 3 is 2.29 bits per heavy atom. The van der Waals surface area contributed by atoms with Crippen molar-refractivity contribution in [3.8, 4) is 0 Å². The van der Waals surface area contributed by atoms with Crippen molar-refractivity contribution < 1.29 is 8.83 Å². The summed E-state index contributed by atoms with van der Waals surface area (Å²) in [5.74, 6) is 0. The van der Waals surface area contributed by atoms with Crippen molar-refractivity contribution in [2.75, 3.05) is 0 Å². The van der Waals surface area contributed by atoms with E-state index in [9.17, 15) is 0 Å². The van der Waals surface area contributed by atoms with Crippen molar-refractivity contribution in [3.63, 3.8) is 0 Å². The Balaban J connectivity index is 2.05. The van der Waals surface area contributed by atoms with E-state index in [0.29, 0.717) is 5.02 Å². The van der Waals surface area contributed by atoms with Gasteiger partial charge in [-0.3, -0.25) is 0 Å². The third kappa shape index (κ3) is 1.43. The summed E-state index contributed by atoms with van der Waals surface area (Å²) < 4.78 is 11.9. The van der Waals surface area contributed by atoms with Crippen molar-refractivity contribution >= 4 is 55.5 Å². The summed E-state index contributed by atoms with van der Waals surface area (Å²) >= 11 is 6.32. The standard InChI is InChI=1S/C18H9ClO2/c19-13-5-3-7-15-18(13)12-9-16-11(8-17(12)21-15)10-4-1-2-6-14(10)20-16/h1-9H. The molecule has 2 aromatic heterocycles. The molecule has 3 heteroatoms. The zero-order valence-corrected chi connectivity index (χ0v) is 11.6. The molecule has 2 nitrogen and oxygen atoms in total. The lowest BCUT2D eigenvalue weighted by Crippen LogP contribution is -1.70. The van der Waals surface area contributed by atoms with E-state index < -0.39 is 0 Å². The molecule has 0 unspecified atom stereocenters. The Hall–Kier alpha value is -2.45. The minimum atomic E-state index is 0.696. The van der Waals surface area contributed by atoms with Crippen LogP contribution in [0.5, 0.6) is 0 Å². The maximum absolute atomic E-state index is 6.32. The second-order valence-corrected chi connectivity index (χ2v) is 5.56. The third-order valence-electron chi connectivity index (χ3n) is 3.94. The number of benzene rings is 3. The molecule has 0 bridgehead atoms. The summed E-state index contributed by atoms with van der Waals surface area (Å²) in [6.07, 6.45) is 0. The molecule has 5 rings (SSSR count). The molecule has 0 N–H and O–H groups in total. The molecule has 0 aliphatic heterocycles. The lowest BCUT2D eigenvalue weighted by atomic mass is 10.1. The first-order valence-corrected chi connectivity index (χ1v) is 7.11. The molecule has 0 saturated carbocycles. The largest absolute Gasteiger partial charge is 0.456 e. The molecule has 0 radical (unpaired) electrons. The fraction of sp³-hybridized carbons (Fsp3) is 0. The van der Waals surface area contributed by atoms with Gasteiger partial charge in [0.15, 0.2) is 0 Å². The van der Waals surface area contributed by atoms with Crippen LogP contribution in [0, 0.1) is 0 Å². The van der Waals surface area contributed by atoms with Gasteiger partial charge in [0.2, 0.25) is 0 Å². The van der Waals surface area contributed by atoms with Gasteiger partial charge in [0.05, 0.1) is 5.02 Å². The molecule has 2 heterocycles. The molecule has 0 amide bonds. The quantitative estimate of drug-likeness (QED) is 0.343. The number of para-hydroxylation sites is 1. The number of rotatable bonds is 0. The zero-order chi connectivity index (χ0) is 14.0. The zero-order valence-electron chi connectivity index (χ0n) is 10.9. The Morgan fingerprint density at radius 2 is 1.33 bits per heavy atom. The average Bonchev–Trinajstić information content (AvgIpc) is 3.03. The minimum Gasteiger partial charge on any atom is -0.456 e. The van der Waals surface area contributed by atoms with E-state index in [1.54, 1.807) is 0 Å². The van der Waals surface area contributed by atoms with Crippen molar-refractivity contribution in [1.82, 2.24) is 0 Å². The van der Waals surface area contributed by atoms with Crippen LogP contribution in [0.1, 0.15) is 0 Å². The van der Waals surface area contributed by atoms with Crippen molar-refractivity contribution in [2.24, 2.45) is 0 Å². The number of halogens is 1. The summed E-state index contributed by atoms with van der Waals surface area (Å²) in [5, 5.41) is 4.79. The van der Waals surface area contributed by atoms with Crippen LogP contribution in [0.4, 0.5) is 0 Å². The van der Waals surface area contributed by atoms with E-state index in [-0.39, 0.29) is 0 Å². The molecule has 21 heavy (non-hydrogen) atoms. The molecular weight excluding hydrogens is 284 g/mol. The van der Waals surface area contributed by atoms with Crippen LogP contribution >= 0.6 is 11.6 Å². The lowest BCUT2D eigenvalue weighted by molar-refractivity contribution is 0.664. The van der Waals surface area contributed by atoms with E-state index in [1.807, 2.05) is 48.5 Å². The molecule has 5 aromatic rings. The highest BCUT2D eigenvalue weighted by molar-refractivity contribution is 6.38. The highest BCUT2D eigenvalue weighted by Crippen LogP contribution is 2.38. The summed E-state index contributed by atoms with van der Waals surface area (Å²) in [6, 6.07) is 17.8. The van der Waals surface area contributed by atoms with Gasteiger partial charge in [-0.05, 0) is 30.3 Å². The second kappa shape index (κ2) is 3.80.